The Bertz CT molecular complexity index is 178. The molecule has 0 aliphatic carbocycles. The highest BCUT2D eigenvalue weighted by molar-refractivity contribution is 4.91. The fraction of sp³-hybridized carbons (Fsp3) is 1.00. The Morgan fingerprint density at radius 1 is 1.54 bits per heavy atom. The first kappa shape index (κ1) is 11.0. The normalized spacial score (nSPS) is 27.5. The van der Waals surface area contributed by atoms with E-state index in [-0.39, 0.29) is 5.54 Å². The van der Waals surface area contributed by atoms with Gasteiger partial charge in [-0.3, -0.25) is 4.90 Å². The van der Waals surface area contributed by atoms with Crippen molar-refractivity contribution in [2.24, 2.45) is 5.73 Å². The van der Waals surface area contributed by atoms with Gasteiger partial charge in [-0.05, 0) is 40.2 Å². The van der Waals surface area contributed by atoms with Crippen molar-refractivity contribution < 1.29 is 5.11 Å². The molecule has 1 aliphatic rings. The van der Waals surface area contributed by atoms with Crippen LogP contribution in [0.1, 0.15) is 33.6 Å². The third-order valence-corrected chi connectivity index (χ3v) is 3.04. The average molecular weight is 186 g/mol. The van der Waals surface area contributed by atoms with E-state index >= 15 is 0 Å². The van der Waals surface area contributed by atoms with Gasteiger partial charge < -0.3 is 10.8 Å². The molecule has 3 N–H and O–H groups in total. The zero-order valence-electron chi connectivity index (χ0n) is 9.01. The Morgan fingerprint density at radius 3 is 2.54 bits per heavy atom. The lowest BCUT2D eigenvalue weighted by atomic mass is 9.99. The van der Waals surface area contributed by atoms with Gasteiger partial charge in [0, 0.05) is 18.6 Å². The Labute approximate surface area is 80.9 Å². The number of rotatable bonds is 3. The summed E-state index contributed by atoms with van der Waals surface area (Å²) in [7, 11) is 0. The number of hydrogen-bond donors (Lipinski definition) is 2. The molecule has 1 fully saturated rings. The second-order valence-corrected chi connectivity index (χ2v) is 5.04. The van der Waals surface area contributed by atoms with Crippen LogP contribution >= 0.6 is 0 Å². The monoisotopic (exact) mass is 186 g/mol. The summed E-state index contributed by atoms with van der Waals surface area (Å²) in [5, 5.41) is 9.85. The van der Waals surface area contributed by atoms with E-state index < -0.39 is 5.60 Å². The van der Waals surface area contributed by atoms with Crippen LogP contribution in [-0.2, 0) is 0 Å². The molecule has 0 spiro atoms. The molecule has 0 aromatic rings. The highest BCUT2D eigenvalue weighted by atomic mass is 16.3. The van der Waals surface area contributed by atoms with E-state index in [2.05, 4.69) is 18.7 Å². The molecule has 1 saturated heterocycles. The maximum atomic E-state index is 9.85. The zero-order valence-corrected chi connectivity index (χ0v) is 9.01. The Balaban J connectivity index is 2.54. The van der Waals surface area contributed by atoms with Gasteiger partial charge >= 0.3 is 0 Å². The van der Waals surface area contributed by atoms with E-state index in [0.717, 1.165) is 6.54 Å². The predicted octanol–water partition coefficient (Wildman–Crippen LogP) is 0.570. The lowest BCUT2D eigenvalue weighted by Gasteiger charge is -2.36. The summed E-state index contributed by atoms with van der Waals surface area (Å²) in [4.78, 5) is 2.33. The van der Waals surface area contributed by atoms with Crippen LogP contribution in [0.2, 0.25) is 0 Å². The highest BCUT2D eigenvalue weighted by Crippen LogP contribution is 2.29. The Kier molecular flexibility index (Phi) is 3.00. The highest BCUT2D eigenvalue weighted by Gasteiger charge is 2.35. The second kappa shape index (κ2) is 3.56. The van der Waals surface area contributed by atoms with Crippen molar-refractivity contribution >= 4 is 0 Å². The summed E-state index contributed by atoms with van der Waals surface area (Å²) in [6.07, 6.45) is 2.45. The largest absolute Gasteiger partial charge is 0.388 e. The third-order valence-electron chi connectivity index (χ3n) is 3.04. The summed E-state index contributed by atoms with van der Waals surface area (Å²) >= 11 is 0. The number of aliphatic hydroxyl groups is 1. The van der Waals surface area contributed by atoms with Gasteiger partial charge in [0.15, 0.2) is 0 Å². The molecule has 78 valence electrons. The fourth-order valence-corrected chi connectivity index (χ4v) is 1.93. The molecule has 0 aromatic carbocycles. The fourth-order valence-electron chi connectivity index (χ4n) is 1.93. The van der Waals surface area contributed by atoms with Crippen LogP contribution in [0.5, 0.6) is 0 Å². The second-order valence-electron chi connectivity index (χ2n) is 5.04. The number of nitrogens with zero attached hydrogens (tertiary/aromatic N) is 1. The van der Waals surface area contributed by atoms with Crippen LogP contribution < -0.4 is 5.73 Å². The number of nitrogens with two attached hydrogens (primary N) is 1. The Morgan fingerprint density at radius 2 is 2.15 bits per heavy atom. The molecule has 0 aromatic heterocycles. The smallest absolute Gasteiger partial charge is 0.0867 e. The summed E-state index contributed by atoms with van der Waals surface area (Å²) < 4.78 is 0. The van der Waals surface area contributed by atoms with Gasteiger partial charge in [0.25, 0.3) is 0 Å². The summed E-state index contributed by atoms with van der Waals surface area (Å²) in [5.41, 5.74) is 5.00. The van der Waals surface area contributed by atoms with Gasteiger partial charge in [0.1, 0.15) is 0 Å². The SMILES string of the molecule is CC(O)(CN)CN1CCCC1(C)C. The molecule has 3 nitrogen and oxygen atoms in total. The molecular weight excluding hydrogens is 164 g/mol. The van der Waals surface area contributed by atoms with Gasteiger partial charge in [-0.15, -0.1) is 0 Å². The minimum absolute atomic E-state index is 0.235. The zero-order chi connectivity index (χ0) is 10.1. The van der Waals surface area contributed by atoms with Crippen LogP contribution in [0.3, 0.4) is 0 Å². The Hall–Kier alpha value is -0.120. The van der Waals surface area contributed by atoms with Crippen molar-refractivity contribution in [3.05, 3.63) is 0 Å². The number of β-amino-alcohol motifs (C(OH)–C–C–N with tert-alkyl or cyclic N) is 1. The van der Waals surface area contributed by atoms with Crippen LogP contribution in [0.15, 0.2) is 0 Å². The lowest BCUT2D eigenvalue weighted by molar-refractivity contribution is 0.00800. The molecule has 0 bridgehead atoms. The van der Waals surface area contributed by atoms with Gasteiger partial charge in [-0.1, -0.05) is 0 Å². The quantitative estimate of drug-likeness (QED) is 0.677. The van der Waals surface area contributed by atoms with E-state index in [0.29, 0.717) is 13.1 Å². The summed E-state index contributed by atoms with van der Waals surface area (Å²) in [6, 6.07) is 0. The number of likely N-dealkylation sites (tertiary alicyclic amines) is 1. The minimum Gasteiger partial charge on any atom is -0.388 e. The third kappa shape index (κ3) is 2.66. The first-order chi connectivity index (χ1) is 5.87. The van der Waals surface area contributed by atoms with Crippen LogP contribution in [0.4, 0.5) is 0 Å². The first-order valence-corrected chi connectivity index (χ1v) is 5.05. The predicted molar refractivity (Wildman–Crippen MR) is 54.6 cm³/mol. The molecule has 1 heterocycles. The van der Waals surface area contributed by atoms with E-state index in [1.807, 2.05) is 0 Å². The first-order valence-electron chi connectivity index (χ1n) is 5.05. The molecule has 3 heteroatoms. The molecule has 1 unspecified atom stereocenters. The van der Waals surface area contributed by atoms with Crippen molar-refractivity contribution in [3.8, 4) is 0 Å². The maximum Gasteiger partial charge on any atom is 0.0867 e. The van der Waals surface area contributed by atoms with Crippen molar-refractivity contribution in [2.75, 3.05) is 19.6 Å². The van der Waals surface area contributed by atoms with E-state index in [1.54, 1.807) is 6.92 Å². The summed E-state index contributed by atoms with van der Waals surface area (Å²) in [6.45, 7) is 8.37. The van der Waals surface area contributed by atoms with E-state index in [1.165, 1.54) is 12.8 Å². The van der Waals surface area contributed by atoms with Crippen molar-refractivity contribution in [2.45, 2.75) is 44.8 Å². The molecule has 0 amide bonds. The van der Waals surface area contributed by atoms with Crippen molar-refractivity contribution in [1.29, 1.82) is 0 Å². The van der Waals surface area contributed by atoms with Gasteiger partial charge in [0.2, 0.25) is 0 Å². The molecule has 13 heavy (non-hydrogen) atoms. The average Bonchev–Trinajstić information content (AvgIpc) is 2.31. The van der Waals surface area contributed by atoms with Gasteiger partial charge in [-0.25, -0.2) is 0 Å². The van der Waals surface area contributed by atoms with Gasteiger partial charge in [-0.2, -0.15) is 0 Å². The lowest BCUT2D eigenvalue weighted by Crippen LogP contribution is -2.50. The molecule has 1 aliphatic heterocycles. The molecule has 1 atom stereocenters. The van der Waals surface area contributed by atoms with Crippen molar-refractivity contribution in [3.63, 3.8) is 0 Å². The molecule has 0 radical (unpaired) electrons. The molecular formula is C10H22N2O. The van der Waals surface area contributed by atoms with Crippen LogP contribution in [0, 0.1) is 0 Å². The molecule has 1 rings (SSSR count). The van der Waals surface area contributed by atoms with Gasteiger partial charge in [0.05, 0.1) is 5.60 Å². The van der Waals surface area contributed by atoms with Crippen molar-refractivity contribution in [1.82, 2.24) is 4.90 Å². The van der Waals surface area contributed by atoms with E-state index in [9.17, 15) is 5.11 Å². The van der Waals surface area contributed by atoms with Crippen LogP contribution in [0.25, 0.3) is 0 Å². The number of hydrogen-bond acceptors (Lipinski definition) is 3. The maximum absolute atomic E-state index is 9.85. The van der Waals surface area contributed by atoms with E-state index in [4.69, 9.17) is 5.73 Å². The topological polar surface area (TPSA) is 49.5 Å². The van der Waals surface area contributed by atoms with Crippen LogP contribution in [-0.4, -0.2) is 40.8 Å². The molecule has 0 saturated carbocycles. The summed E-state index contributed by atoms with van der Waals surface area (Å²) in [5.74, 6) is 0. The minimum atomic E-state index is -0.735. The standard InChI is InChI=1S/C10H22N2O/c1-9(2)5-4-6-12(9)8-10(3,13)7-11/h13H,4-8,11H2,1-3H3.